The lowest BCUT2D eigenvalue weighted by Crippen LogP contribution is -2.31. The zero-order chi connectivity index (χ0) is 23.8. The normalized spacial score (nSPS) is 15.0. The number of hydrogen-bond acceptors (Lipinski definition) is 5. The second-order valence-corrected chi connectivity index (χ2v) is 8.81. The van der Waals surface area contributed by atoms with Crippen molar-refractivity contribution in [3.63, 3.8) is 0 Å². The number of halogens is 3. The summed E-state index contributed by atoms with van der Waals surface area (Å²) in [5.41, 5.74) is 2.42. The fourth-order valence-corrected chi connectivity index (χ4v) is 4.34. The number of amides is 1. The van der Waals surface area contributed by atoms with Crippen LogP contribution in [0, 0.1) is 0 Å². The van der Waals surface area contributed by atoms with Crippen molar-refractivity contribution in [3.05, 3.63) is 98.8 Å². The van der Waals surface area contributed by atoms with E-state index in [-0.39, 0.29) is 5.91 Å². The van der Waals surface area contributed by atoms with E-state index in [2.05, 4.69) is 20.6 Å². The molecule has 1 amide bonds. The number of rotatable bonds is 4. The van der Waals surface area contributed by atoms with Crippen LogP contribution in [-0.4, -0.2) is 25.7 Å². The molecule has 5 rings (SSSR count). The molecule has 34 heavy (non-hydrogen) atoms. The smallest absolute Gasteiger partial charge is 0.257 e. The van der Waals surface area contributed by atoms with Gasteiger partial charge in [-0.05, 0) is 49.4 Å². The maximum atomic E-state index is 13.5. The number of nitrogens with one attached hydrogen (secondary N) is 2. The van der Waals surface area contributed by atoms with Gasteiger partial charge in [0.15, 0.2) is 5.82 Å². The van der Waals surface area contributed by atoms with Gasteiger partial charge in [-0.25, -0.2) is 9.67 Å². The van der Waals surface area contributed by atoms with Crippen LogP contribution >= 0.6 is 34.8 Å². The van der Waals surface area contributed by atoms with E-state index < -0.39 is 6.04 Å². The Balaban J connectivity index is 1.64. The van der Waals surface area contributed by atoms with E-state index in [1.54, 1.807) is 60.3 Å². The molecule has 1 atom stereocenters. The molecule has 170 valence electrons. The van der Waals surface area contributed by atoms with Crippen molar-refractivity contribution in [1.82, 2.24) is 19.7 Å². The molecule has 1 aliphatic heterocycles. The Labute approximate surface area is 210 Å². The standard InChI is InChI=1S/C24H17Cl3N6O/c1-13-19(23(34)30-18-7-2-3-12-28-18)21(16-5-4-6-17(26)20(16)27)33-24(29-13)31-22(32-33)14-8-10-15(25)11-9-14/h2-12,21H,1H3,(H,28,30,34)(H,29,31,32). The van der Waals surface area contributed by atoms with Gasteiger partial charge in [0.05, 0.1) is 15.6 Å². The summed E-state index contributed by atoms with van der Waals surface area (Å²) < 4.78 is 1.64. The summed E-state index contributed by atoms with van der Waals surface area (Å²) in [7, 11) is 0. The molecule has 2 aromatic carbocycles. The summed E-state index contributed by atoms with van der Waals surface area (Å²) >= 11 is 19.0. The molecular formula is C24H17Cl3N6O. The zero-order valence-corrected chi connectivity index (χ0v) is 20.0. The predicted octanol–water partition coefficient (Wildman–Crippen LogP) is 6.23. The number of aromatic nitrogens is 4. The van der Waals surface area contributed by atoms with Crippen molar-refractivity contribution < 1.29 is 4.79 Å². The van der Waals surface area contributed by atoms with Gasteiger partial charge < -0.3 is 10.6 Å². The van der Waals surface area contributed by atoms with E-state index in [9.17, 15) is 4.79 Å². The van der Waals surface area contributed by atoms with Crippen LogP contribution in [0.2, 0.25) is 15.1 Å². The van der Waals surface area contributed by atoms with Gasteiger partial charge >= 0.3 is 0 Å². The summed E-state index contributed by atoms with van der Waals surface area (Å²) in [6, 6.07) is 17.1. The molecule has 3 heterocycles. The highest BCUT2D eigenvalue weighted by Gasteiger charge is 2.36. The number of anilines is 2. The molecule has 4 aromatic rings. The Morgan fingerprint density at radius 1 is 1.03 bits per heavy atom. The van der Waals surface area contributed by atoms with Gasteiger partial charge in [0.2, 0.25) is 5.95 Å². The third kappa shape index (κ3) is 4.14. The van der Waals surface area contributed by atoms with Crippen LogP contribution in [-0.2, 0) is 4.79 Å². The highest BCUT2D eigenvalue weighted by atomic mass is 35.5. The Kier molecular flexibility index (Phi) is 6.00. The Bertz CT molecular complexity index is 1420. The van der Waals surface area contributed by atoms with Crippen LogP contribution in [0.5, 0.6) is 0 Å². The first kappa shape index (κ1) is 22.4. The fraction of sp³-hybridized carbons (Fsp3) is 0.0833. The second kappa shape index (κ2) is 9.10. The number of carbonyl (C=O) groups is 1. The number of carbonyl (C=O) groups excluding carboxylic acids is 1. The molecule has 1 aliphatic rings. The second-order valence-electron chi connectivity index (χ2n) is 7.59. The van der Waals surface area contributed by atoms with Crippen LogP contribution in [0.15, 0.2) is 78.1 Å². The Morgan fingerprint density at radius 3 is 2.56 bits per heavy atom. The van der Waals surface area contributed by atoms with Gasteiger partial charge in [-0.3, -0.25) is 4.79 Å². The molecule has 2 aromatic heterocycles. The predicted molar refractivity (Wildman–Crippen MR) is 134 cm³/mol. The average molecular weight is 512 g/mol. The molecule has 7 nitrogen and oxygen atoms in total. The molecule has 10 heteroatoms. The highest BCUT2D eigenvalue weighted by Crippen LogP contribution is 2.41. The summed E-state index contributed by atoms with van der Waals surface area (Å²) in [6.07, 6.45) is 1.61. The van der Waals surface area contributed by atoms with Crippen LogP contribution in [0.4, 0.5) is 11.8 Å². The lowest BCUT2D eigenvalue weighted by molar-refractivity contribution is -0.113. The Morgan fingerprint density at radius 2 is 1.82 bits per heavy atom. The maximum Gasteiger partial charge on any atom is 0.257 e. The van der Waals surface area contributed by atoms with Crippen molar-refractivity contribution in [3.8, 4) is 11.4 Å². The van der Waals surface area contributed by atoms with Crippen molar-refractivity contribution in [2.75, 3.05) is 10.6 Å². The number of fused-ring (bicyclic) bond motifs is 1. The van der Waals surface area contributed by atoms with Crippen LogP contribution in [0.3, 0.4) is 0 Å². The van der Waals surface area contributed by atoms with Crippen molar-refractivity contribution in [2.24, 2.45) is 0 Å². The van der Waals surface area contributed by atoms with Crippen molar-refractivity contribution >= 4 is 52.5 Å². The lowest BCUT2D eigenvalue weighted by atomic mass is 9.95. The van der Waals surface area contributed by atoms with E-state index >= 15 is 0 Å². The molecule has 0 aliphatic carbocycles. The minimum Gasteiger partial charge on any atom is -0.328 e. The van der Waals surface area contributed by atoms with E-state index in [1.165, 1.54) is 0 Å². The minimum absolute atomic E-state index is 0.335. The number of nitrogens with zero attached hydrogens (tertiary/aromatic N) is 4. The molecule has 0 saturated carbocycles. The SMILES string of the molecule is CC1=C(C(=O)Nc2ccccn2)C(c2cccc(Cl)c2Cl)n2nc(-c3ccc(Cl)cc3)nc2N1. The average Bonchev–Trinajstić information content (AvgIpc) is 3.25. The van der Waals surface area contributed by atoms with Crippen LogP contribution < -0.4 is 10.6 Å². The minimum atomic E-state index is -0.681. The molecule has 1 unspecified atom stereocenters. The summed E-state index contributed by atoms with van der Waals surface area (Å²) in [4.78, 5) is 22.3. The van der Waals surface area contributed by atoms with Gasteiger partial charge in [-0.1, -0.05) is 53.0 Å². The number of benzene rings is 2. The van der Waals surface area contributed by atoms with E-state index in [0.717, 1.165) is 5.56 Å². The van der Waals surface area contributed by atoms with E-state index in [1.807, 2.05) is 18.2 Å². The summed E-state index contributed by atoms with van der Waals surface area (Å²) in [6.45, 7) is 1.80. The molecule has 0 saturated heterocycles. The molecule has 0 radical (unpaired) electrons. The van der Waals surface area contributed by atoms with Crippen LogP contribution in [0.25, 0.3) is 11.4 Å². The molecule has 0 fully saturated rings. The number of hydrogen-bond donors (Lipinski definition) is 2. The Hall–Kier alpha value is -3.39. The molecule has 2 N–H and O–H groups in total. The van der Waals surface area contributed by atoms with Crippen molar-refractivity contribution in [2.45, 2.75) is 13.0 Å². The highest BCUT2D eigenvalue weighted by molar-refractivity contribution is 6.42. The maximum absolute atomic E-state index is 13.5. The first-order valence-electron chi connectivity index (χ1n) is 10.3. The van der Waals surface area contributed by atoms with Crippen molar-refractivity contribution in [1.29, 1.82) is 0 Å². The zero-order valence-electron chi connectivity index (χ0n) is 17.8. The molecule has 0 spiro atoms. The number of allylic oxidation sites excluding steroid dienone is 1. The van der Waals surface area contributed by atoms with Crippen LogP contribution in [0.1, 0.15) is 18.5 Å². The van der Waals surface area contributed by atoms with Gasteiger partial charge in [0.25, 0.3) is 5.91 Å². The topological polar surface area (TPSA) is 84.7 Å². The molecule has 0 bridgehead atoms. The summed E-state index contributed by atoms with van der Waals surface area (Å²) in [5.74, 6) is 1.02. The van der Waals surface area contributed by atoms with Gasteiger partial charge in [-0.15, -0.1) is 5.10 Å². The third-order valence-corrected chi connectivity index (χ3v) is 6.47. The fourth-order valence-electron chi connectivity index (χ4n) is 3.81. The first-order chi connectivity index (χ1) is 16.4. The van der Waals surface area contributed by atoms with Gasteiger partial charge in [0, 0.05) is 28.0 Å². The largest absolute Gasteiger partial charge is 0.328 e. The molecular weight excluding hydrogens is 495 g/mol. The van der Waals surface area contributed by atoms with E-state index in [0.29, 0.717) is 49.5 Å². The van der Waals surface area contributed by atoms with Gasteiger partial charge in [0.1, 0.15) is 11.9 Å². The van der Waals surface area contributed by atoms with Gasteiger partial charge in [-0.2, -0.15) is 4.98 Å². The summed E-state index contributed by atoms with van der Waals surface area (Å²) in [5, 5.41) is 12.1. The third-order valence-electron chi connectivity index (χ3n) is 5.38. The lowest BCUT2D eigenvalue weighted by Gasteiger charge is -2.29. The monoisotopic (exact) mass is 510 g/mol. The van der Waals surface area contributed by atoms with E-state index in [4.69, 9.17) is 39.9 Å². The number of pyridine rings is 1. The first-order valence-corrected chi connectivity index (χ1v) is 11.4. The quantitative estimate of drug-likeness (QED) is 0.339.